The van der Waals surface area contributed by atoms with E-state index in [1.807, 2.05) is 48.5 Å². The smallest absolute Gasteiger partial charge is 0.407 e. The zero-order valence-electron chi connectivity index (χ0n) is 19.5. The third kappa shape index (κ3) is 5.01. The van der Waals surface area contributed by atoms with Gasteiger partial charge in [0.25, 0.3) is 0 Å². The summed E-state index contributed by atoms with van der Waals surface area (Å²) in [5, 5.41) is 14.6. The SMILES string of the molecule is O=C(O)CC(NC(=O)OCC1c2ccccc2-c2ccccc21)C(=O)NCC1CN2CCN1CC2. The number of alkyl carbamates (subject to hydrolysis) is 1. The first-order chi connectivity index (χ1) is 17.0. The molecule has 2 aromatic carbocycles. The molecule has 3 saturated heterocycles. The van der Waals surface area contributed by atoms with E-state index in [0.717, 1.165) is 55.0 Å². The Hall–Kier alpha value is -3.43. The lowest BCUT2D eigenvalue weighted by atomic mass is 9.98. The Kier molecular flexibility index (Phi) is 6.70. The number of benzene rings is 2. The molecule has 9 heteroatoms. The molecule has 2 unspecified atom stereocenters. The zero-order chi connectivity index (χ0) is 24.4. The predicted molar refractivity (Wildman–Crippen MR) is 129 cm³/mol. The van der Waals surface area contributed by atoms with Crippen LogP contribution in [0, 0.1) is 0 Å². The number of hydrogen-bond acceptors (Lipinski definition) is 6. The number of amides is 2. The van der Waals surface area contributed by atoms with E-state index in [4.69, 9.17) is 4.74 Å². The lowest BCUT2D eigenvalue weighted by Gasteiger charge is -2.47. The van der Waals surface area contributed by atoms with Gasteiger partial charge >= 0.3 is 12.1 Å². The molecule has 3 heterocycles. The summed E-state index contributed by atoms with van der Waals surface area (Å²) in [5.41, 5.74) is 4.38. The number of rotatable bonds is 8. The van der Waals surface area contributed by atoms with Crippen LogP contribution in [0.5, 0.6) is 0 Å². The van der Waals surface area contributed by atoms with Gasteiger partial charge in [-0.2, -0.15) is 0 Å². The molecular formula is C26H30N4O5. The fourth-order valence-electron chi connectivity index (χ4n) is 5.43. The standard InChI is InChI=1S/C26H30N4O5/c31-24(32)13-23(25(33)27-14-17-15-29-9-11-30(17)12-10-29)28-26(34)35-16-22-20-7-3-1-5-18(20)19-6-2-4-8-21(19)22/h1-8,17,22-23H,9-16H2,(H,27,33)(H,28,34)(H,31,32). The van der Waals surface area contributed by atoms with E-state index < -0.39 is 30.4 Å². The molecule has 9 nitrogen and oxygen atoms in total. The van der Waals surface area contributed by atoms with Crippen LogP contribution in [0.3, 0.4) is 0 Å². The van der Waals surface area contributed by atoms with Gasteiger partial charge in [-0.1, -0.05) is 48.5 Å². The summed E-state index contributed by atoms with van der Waals surface area (Å²) in [6, 6.07) is 15.0. The topological polar surface area (TPSA) is 111 Å². The summed E-state index contributed by atoms with van der Waals surface area (Å²) in [5.74, 6) is -1.81. The van der Waals surface area contributed by atoms with Crippen molar-refractivity contribution in [3.05, 3.63) is 59.7 Å². The molecule has 3 N–H and O–H groups in total. The van der Waals surface area contributed by atoms with E-state index in [9.17, 15) is 19.5 Å². The lowest BCUT2D eigenvalue weighted by Crippen LogP contribution is -2.64. The normalized spacial score (nSPS) is 23.1. The fourth-order valence-corrected chi connectivity index (χ4v) is 5.43. The highest BCUT2D eigenvalue weighted by atomic mass is 16.5. The molecule has 3 aliphatic heterocycles. The summed E-state index contributed by atoms with van der Waals surface area (Å²) in [4.78, 5) is 41.4. The van der Waals surface area contributed by atoms with Crippen molar-refractivity contribution < 1.29 is 24.2 Å². The maximum atomic E-state index is 12.8. The van der Waals surface area contributed by atoms with Gasteiger partial charge in [-0.3, -0.25) is 19.4 Å². The Morgan fingerprint density at radius 1 is 0.971 bits per heavy atom. The number of fused-ring (bicyclic) bond motifs is 6. The number of carboxylic acids is 1. The highest BCUT2D eigenvalue weighted by molar-refractivity contribution is 5.89. The number of aliphatic carboxylic acids is 1. The number of piperazine rings is 3. The van der Waals surface area contributed by atoms with Crippen molar-refractivity contribution in [3.63, 3.8) is 0 Å². The summed E-state index contributed by atoms with van der Waals surface area (Å²) in [7, 11) is 0. The van der Waals surface area contributed by atoms with E-state index >= 15 is 0 Å². The van der Waals surface area contributed by atoms with Crippen LogP contribution in [0.15, 0.2) is 48.5 Å². The molecule has 184 valence electrons. The van der Waals surface area contributed by atoms with Crippen molar-refractivity contribution >= 4 is 18.0 Å². The van der Waals surface area contributed by atoms with E-state index in [1.54, 1.807) is 0 Å². The number of nitrogens with zero attached hydrogens (tertiary/aromatic N) is 2. The Morgan fingerprint density at radius 2 is 1.60 bits per heavy atom. The second-order valence-corrected chi connectivity index (χ2v) is 9.36. The van der Waals surface area contributed by atoms with Gasteiger partial charge < -0.3 is 20.5 Å². The molecule has 35 heavy (non-hydrogen) atoms. The highest BCUT2D eigenvalue weighted by Crippen LogP contribution is 2.44. The third-order valence-corrected chi connectivity index (χ3v) is 7.24. The average molecular weight is 479 g/mol. The van der Waals surface area contributed by atoms with Gasteiger partial charge in [-0.05, 0) is 22.3 Å². The Balaban J connectivity index is 1.18. The summed E-state index contributed by atoms with van der Waals surface area (Å²) < 4.78 is 5.50. The second kappa shape index (κ2) is 10.1. The van der Waals surface area contributed by atoms with Gasteiger partial charge in [0.15, 0.2) is 0 Å². The second-order valence-electron chi connectivity index (χ2n) is 9.36. The van der Waals surface area contributed by atoms with Crippen LogP contribution < -0.4 is 10.6 Å². The molecule has 0 radical (unpaired) electrons. The lowest BCUT2D eigenvalue weighted by molar-refractivity contribution is -0.139. The molecule has 1 aliphatic carbocycles. The fraction of sp³-hybridized carbons (Fsp3) is 0.423. The van der Waals surface area contributed by atoms with Crippen LogP contribution in [0.25, 0.3) is 11.1 Å². The summed E-state index contributed by atoms with van der Waals surface area (Å²) >= 11 is 0. The number of hydrogen-bond donors (Lipinski definition) is 3. The van der Waals surface area contributed by atoms with Crippen LogP contribution >= 0.6 is 0 Å². The monoisotopic (exact) mass is 478 g/mol. The molecule has 6 rings (SSSR count). The molecule has 0 saturated carbocycles. The molecule has 4 aliphatic rings. The molecule has 0 aromatic heterocycles. The van der Waals surface area contributed by atoms with Gasteiger partial charge in [-0.25, -0.2) is 4.79 Å². The van der Waals surface area contributed by atoms with Crippen molar-refractivity contribution in [2.24, 2.45) is 0 Å². The van der Waals surface area contributed by atoms with Crippen molar-refractivity contribution in [3.8, 4) is 11.1 Å². The number of carbonyl (C=O) groups excluding carboxylic acids is 2. The Morgan fingerprint density at radius 3 is 2.17 bits per heavy atom. The van der Waals surface area contributed by atoms with Crippen LogP contribution in [-0.2, 0) is 14.3 Å². The average Bonchev–Trinajstić information content (AvgIpc) is 3.20. The van der Waals surface area contributed by atoms with Crippen LogP contribution in [0.1, 0.15) is 23.5 Å². The molecule has 3 fully saturated rings. The number of carboxylic acid groups (broad SMARTS) is 1. The van der Waals surface area contributed by atoms with E-state index in [1.165, 1.54) is 0 Å². The minimum atomic E-state index is -1.21. The molecule has 2 bridgehead atoms. The zero-order valence-corrected chi connectivity index (χ0v) is 19.5. The highest BCUT2D eigenvalue weighted by Gasteiger charge is 2.33. The summed E-state index contributed by atoms with van der Waals surface area (Å²) in [6.07, 6.45) is -1.32. The summed E-state index contributed by atoms with van der Waals surface area (Å²) in [6.45, 7) is 5.40. The van der Waals surface area contributed by atoms with Crippen molar-refractivity contribution in [1.29, 1.82) is 0 Å². The van der Waals surface area contributed by atoms with Gasteiger partial charge in [0.1, 0.15) is 12.6 Å². The van der Waals surface area contributed by atoms with Gasteiger partial charge in [0.05, 0.1) is 6.42 Å². The van der Waals surface area contributed by atoms with Crippen molar-refractivity contribution in [1.82, 2.24) is 20.4 Å². The maximum Gasteiger partial charge on any atom is 0.407 e. The van der Waals surface area contributed by atoms with Crippen LogP contribution in [0.2, 0.25) is 0 Å². The van der Waals surface area contributed by atoms with Crippen LogP contribution in [0.4, 0.5) is 4.79 Å². The van der Waals surface area contributed by atoms with Gasteiger partial charge in [0, 0.05) is 51.2 Å². The molecule has 2 amide bonds. The number of nitrogens with one attached hydrogen (secondary N) is 2. The van der Waals surface area contributed by atoms with Gasteiger partial charge in [0.2, 0.25) is 5.91 Å². The first kappa shape index (κ1) is 23.3. The maximum absolute atomic E-state index is 12.8. The van der Waals surface area contributed by atoms with E-state index in [2.05, 4.69) is 20.4 Å². The third-order valence-electron chi connectivity index (χ3n) is 7.24. The molecule has 2 atom stereocenters. The first-order valence-electron chi connectivity index (χ1n) is 12.1. The van der Waals surface area contributed by atoms with Crippen LogP contribution in [-0.4, -0.2) is 90.8 Å². The predicted octanol–water partition coefficient (Wildman–Crippen LogP) is 1.48. The molecule has 0 spiro atoms. The Bertz CT molecular complexity index is 1070. The number of carbonyl (C=O) groups is 3. The van der Waals surface area contributed by atoms with E-state index in [-0.39, 0.29) is 18.6 Å². The first-order valence-corrected chi connectivity index (χ1v) is 12.1. The van der Waals surface area contributed by atoms with Crippen molar-refractivity contribution in [2.75, 3.05) is 45.9 Å². The minimum Gasteiger partial charge on any atom is -0.481 e. The minimum absolute atomic E-state index is 0.0914. The number of ether oxygens (including phenoxy) is 1. The largest absolute Gasteiger partial charge is 0.481 e. The van der Waals surface area contributed by atoms with E-state index in [0.29, 0.717) is 6.54 Å². The molecular weight excluding hydrogens is 448 g/mol. The van der Waals surface area contributed by atoms with Gasteiger partial charge in [-0.15, -0.1) is 0 Å². The quantitative estimate of drug-likeness (QED) is 0.527. The Labute approximate surface area is 204 Å². The molecule has 2 aromatic rings. The van der Waals surface area contributed by atoms with Crippen molar-refractivity contribution in [2.45, 2.75) is 24.4 Å².